The molecule has 1 aromatic carbocycles. The SMILES string of the molecule is CC(C)COCCCNc1ccc(N)cc1I. The van der Waals surface area contributed by atoms with Crippen molar-refractivity contribution in [3.8, 4) is 0 Å². The lowest BCUT2D eigenvalue weighted by molar-refractivity contribution is 0.110. The molecule has 0 atom stereocenters. The molecule has 0 fully saturated rings. The first-order chi connectivity index (χ1) is 8.09. The lowest BCUT2D eigenvalue weighted by Crippen LogP contribution is -2.09. The summed E-state index contributed by atoms with van der Waals surface area (Å²) in [6.45, 7) is 6.91. The first kappa shape index (κ1) is 14.6. The van der Waals surface area contributed by atoms with Crippen LogP contribution < -0.4 is 11.1 Å². The van der Waals surface area contributed by atoms with Crippen molar-refractivity contribution >= 4 is 34.0 Å². The molecule has 0 saturated carbocycles. The van der Waals surface area contributed by atoms with E-state index in [9.17, 15) is 0 Å². The number of halogens is 1. The Kier molecular flexibility index (Phi) is 6.65. The third-order valence-corrected chi connectivity index (χ3v) is 3.12. The first-order valence-electron chi connectivity index (χ1n) is 5.96. The van der Waals surface area contributed by atoms with Gasteiger partial charge in [0.15, 0.2) is 0 Å². The van der Waals surface area contributed by atoms with Crippen molar-refractivity contribution in [2.45, 2.75) is 20.3 Å². The van der Waals surface area contributed by atoms with E-state index in [-0.39, 0.29) is 0 Å². The summed E-state index contributed by atoms with van der Waals surface area (Å²) >= 11 is 2.29. The Morgan fingerprint density at radius 2 is 2.18 bits per heavy atom. The number of nitrogen functional groups attached to an aromatic ring is 1. The summed E-state index contributed by atoms with van der Waals surface area (Å²) in [5, 5.41) is 3.39. The summed E-state index contributed by atoms with van der Waals surface area (Å²) < 4.78 is 6.68. The lowest BCUT2D eigenvalue weighted by atomic mass is 10.2. The van der Waals surface area contributed by atoms with Crippen LogP contribution in [0.4, 0.5) is 11.4 Å². The molecule has 3 N–H and O–H groups in total. The lowest BCUT2D eigenvalue weighted by Gasteiger charge is -2.10. The number of nitrogens with two attached hydrogens (primary N) is 1. The Hall–Kier alpha value is -0.490. The predicted molar refractivity (Wildman–Crippen MR) is 82.3 cm³/mol. The van der Waals surface area contributed by atoms with Crippen LogP contribution in [0.15, 0.2) is 18.2 Å². The van der Waals surface area contributed by atoms with Crippen LogP contribution in [0.3, 0.4) is 0 Å². The van der Waals surface area contributed by atoms with Crippen LogP contribution in [0.1, 0.15) is 20.3 Å². The molecule has 0 aliphatic rings. The summed E-state index contributed by atoms with van der Waals surface area (Å²) in [6, 6.07) is 5.91. The minimum absolute atomic E-state index is 0.612. The van der Waals surface area contributed by atoms with Crippen molar-refractivity contribution in [1.82, 2.24) is 0 Å². The van der Waals surface area contributed by atoms with E-state index < -0.39 is 0 Å². The predicted octanol–water partition coefficient (Wildman–Crippen LogP) is 3.35. The number of anilines is 2. The smallest absolute Gasteiger partial charge is 0.0489 e. The minimum Gasteiger partial charge on any atom is -0.399 e. The van der Waals surface area contributed by atoms with Crippen molar-refractivity contribution < 1.29 is 4.74 Å². The molecule has 0 saturated heterocycles. The van der Waals surface area contributed by atoms with E-state index in [1.54, 1.807) is 0 Å². The zero-order chi connectivity index (χ0) is 12.7. The second-order valence-corrected chi connectivity index (χ2v) is 5.65. The standard InChI is InChI=1S/C13H21IN2O/c1-10(2)9-17-7-3-6-16-13-5-4-11(15)8-12(13)14/h4-5,8,10,16H,3,6-7,9,15H2,1-2H3. The summed E-state index contributed by atoms with van der Waals surface area (Å²) in [7, 11) is 0. The number of hydrogen-bond acceptors (Lipinski definition) is 3. The maximum Gasteiger partial charge on any atom is 0.0489 e. The molecule has 0 aromatic heterocycles. The third kappa shape index (κ3) is 6.12. The van der Waals surface area contributed by atoms with Gasteiger partial charge in [-0.2, -0.15) is 0 Å². The summed E-state index contributed by atoms with van der Waals surface area (Å²) in [5.41, 5.74) is 7.65. The van der Waals surface area contributed by atoms with Gasteiger partial charge >= 0.3 is 0 Å². The second kappa shape index (κ2) is 7.76. The number of nitrogens with one attached hydrogen (secondary N) is 1. The molecular weight excluding hydrogens is 327 g/mol. The van der Waals surface area contributed by atoms with Gasteiger partial charge in [-0.15, -0.1) is 0 Å². The molecule has 0 aliphatic heterocycles. The van der Waals surface area contributed by atoms with Crippen molar-refractivity contribution in [2.75, 3.05) is 30.8 Å². The summed E-state index contributed by atoms with van der Waals surface area (Å²) in [6.07, 6.45) is 1.02. The molecule has 3 nitrogen and oxygen atoms in total. The zero-order valence-corrected chi connectivity index (χ0v) is 12.7. The van der Waals surface area contributed by atoms with Crippen LogP contribution in [0.25, 0.3) is 0 Å². The normalized spacial score (nSPS) is 10.8. The third-order valence-electron chi connectivity index (χ3n) is 2.23. The highest BCUT2D eigenvalue weighted by molar-refractivity contribution is 14.1. The van der Waals surface area contributed by atoms with E-state index in [2.05, 4.69) is 41.8 Å². The number of rotatable bonds is 7. The van der Waals surface area contributed by atoms with E-state index in [1.165, 1.54) is 0 Å². The highest BCUT2D eigenvalue weighted by Crippen LogP contribution is 2.20. The molecule has 17 heavy (non-hydrogen) atoms. The van der Waals surface area contributed by atoms with Crippen LogP contribution in [0, 0.1) is 9.49 Å². The minimum atomic E-state index is 0.612. The van der Waals surface area contributed by atoms with Crippen molar-refractivity contribution in [3.05, 3.63) is 21.8 Å². The van der Waals surface area contributed by atoms with Gasteiger partial charge in [-0.1, -0.05) is 13.8 Å². The molecule has 0 spiro atoms. The van der Waals surface area contributed by atoms with Crippen molar-refractivity contribution in [2.24, 2.45) is 5.92 Å². The Morgan fingerprint density at radius 3 is 2.82 bits per heavy atom. The van der Waals surface area contributed by atoms with Crippen LogP contribution in [0.2, 0.25) is 0 Å². The van der Waals surface area contributed by atoms with Gasteiger partial charge in [-0.25, -0.2) is 0 Å². The fraction of sp³-hybridized carbons (Fsp3) is 0.538. The number of benzene rings is 1. The monoisotopic (exact) mass is 348 g/mol. The molecule has 0 amide bonds. The van der Waals surface area contributed by atoms with Gasteiger partial charge in [0.1, 0.15) is 0 Å². The molecule has 1 aromatic rings. The van der Waals surface area contributed by atoms with Gasteiger partial charge in [-0.05, 0) is 53.1 Å². The van der Waals surface area contributed by atoms with Gasteiger partial charge in [0.2, 0.25) is 0 Å². The first-order valence-corrected chi connectivity index (χ1v) is 7.04. The van der Waals surface area contributed by atoms with Crippen molar-refractivity contribution in [3.63, 3.8) is 0 Å². The van der Waals surface area contributed by atoms with Gasteiger partial charge in [0.25, 0.3) is 0 Å². The van der Waals surface area contributed by atoms with E-state index in [4.69, 9.17) is 10.5 Å². The maximum absolute atomic E-state index is 5.70. The van der Waals surface area contributed by atoms with E-state index in [1.807, 2.05) is 18.2 Å². The van der Waals surface area contributed by atoms with Crippen LogP contribution >= 0.6 is 22.6 Å². The Balaban J connectivity index is 2.18. The molecule has 0 heterocycles. The summed E-state index contributed by atoms with van der Waals surface area (Å²) in [4.78, 5) is 0. The molecule has 4 heteroatoms. The quantitative estimate of drug-likeness (QED) is 0.451. The number of ether oxygens (including phenoxy) is 1. The molecule has 0 radical (unpaired) electrons. The molecule has 1 rings (SSSR count). The topological polar surface area (TPSA) is 47.3 Å². The van der Waals surface area contributed by atoms with Gasteiger partial charge in [0.05, 0.1) is 0 Å². The fourth-order valence-corrected chi connectivity index (χ4v) is 2.12. The molecule has 0 bridgehead atoms. The van der Waals surface area contributed by atoms with Gasteiger partial charge in [0, 0.05) is 34.7 Å². The Bertz CT molecular complexity index is 342. The Labute approximate surface area is 117 Å². The maximum atomic E-state index is 5.70. The fourth-order valence-electron chi connectivity index (χ4n) is 1.39. The van der Waals surface area contributed by atoms with E-state index >= 15 is 0 Å². The molecule has 0 unspecified atom stereocenters. The number of hydrogen-bond donors (Lipinski definition) is 2. The molecule has 96 valence electrons. The average molecular weight is 348 g/mol. The highest BCUT2D eigenvalue weighted by Gasteiger charge is 1.99. The summed E-state index contributed by atoms with van der Waals surface area (Å²) in [5.74, 6) is 0.612. The molecular formula is C13H21IN2O. The zero-order valence-electron chi connectivity index (χ0n) is 10.5. The van der Waals surface area contributed by atoms with Crippen molar-refractivity contribution in [1.29, 1.82) is 0 Å². The van der Waals surface area contributed by atoms with Crippen LogP contribution in [-0.4, -0.2) is 19.8 Å². The van der Waals surface area contributed by atoms with E-state index in [0.29, 0.717) is 5.92 Å². The molecule has 0 aliphatic carbocycles. The second-order valence-electron chi connectivity index (χ2n) is 4.49. The average Bonchev–Trinajstić information content (AvgIpc) is 2.25. The highest BCUT2D eigenvalue weighted by atomic mass is 127. The van der Waals surface area contributed by atoms with Crippen LogP contribution in [0.5, 0.6) is 0 Å². The largest absolute Gasteiger partial charge is 0.399 e. The van der Waals surface area contributed by atoms with E-state index in [0.717, 1.165) is 41.1 Å². The Morgan fingerprint density at radius 1 is 1.41 bits per heavy atom. The van der Waals surface area contributed by atoms with Gasteiger partial charge < -0.3 is 15.8 Å². The van der Waals surface area contributed by atoms with Gasteiger partial charge in [-0.3, -0.25) is 0 Å². The van der Waals surface area contributed by atoms with Crippen LogP contribution in [-0.2, 0) is 4.74 Å².